The Morgan fingerprint density at radius 2 is 1.23 bits per heavy atom. The maximum atomic E-state index is 12.6. The molecule has 0 saturated heterocycles. The van der Waals surface area contributed by atoms with Crippen LogP contribution in [0.25, 0.3) is 18.2 Å². The molecular formula is C26H24O4. The van der Waals surface area contributed by atoms with E-state index in [-0.39, 0.29) is 5.78 Å². The van der Waals surface area contributed by atoms with E-state index in [9.17, 15) is 4.79 Å². The molecule has 0 unspecified atom stereocenters. The number of ether oxygens (including phenoxy) is 3. The van der Waals surface area contributed by atoms with E-state index >= 15 is 0 Å². The van der Waals surface area contributed by atoms with Crippen LogP contribution >= 0.6 is 0 Å². The number of carbonyl (C=O) groups is 1. The standard InChI is InChI=1S/C26H24O4/c1-28-24-18-26(30-3)25(29-2)17-22(24)15-16-23(27)21-13-11-20(12-14-21)10-9-19-7-5-4-6-8-19/h4-18H,1-3H3/b10-9+,16-15+. The maximum Gasteiger partial charge on any atom is 0.185 e. The van der Waals surface area contributed by atoms with E-state index in [0.717, 1.165) is 16.7 Å². The highest BCUT2D eigenvalue weighted by molar-refractivity contribution is 6.07. The van der Waals surface area contributed by atoms with Crippen LogP contribution in [0.1, 0.15) is 27.0 Å². The highest BCUT2D eigenvalue weighted by Crippen LogP contribution is 2.35. The van der Waals surface area contributed by atoms with Gasteiger partial charge in [-0.15, -0.1) is 0 Å². The largest absolute Gasteiger partial charge is 0.496 e. The Labute approximate surface area is 177 Å². The average Bonchev–Trinajstić information content (AvgIpc) is 2.81. The van der Waals surface area contributed by atoms with Crippen LogP contribution in [0.2, 0.25) is 0 Å². The molecule has 0 saturated carbocycles. The van der Waals surface area contributed by atoms with Gasteiger partial charge in [-0.05, 0) is 29.3 Å². The minimum Gasteiger partial charge on any atom is -0.496 e. The zero-order valence-corrected chi connectivity index (χ0v) is 17.3. The molecule has 0 aliphatic carbocycles. The quantitative estimate of drug-likeness (QED) is 0.273. The lowest BCUT2D eigenvalue weighted by Crippen LogP contribution is -1.96. The molecule has 3 aromatic carbocycles. The molecular weight excluding hydrogens is 376 g/mol. The van der Waals surface area contributed by atoms with Crippen LogP contribution in [0.4, 0.5) is 0 Å². The van der Waals surface area contributed by atoms with Crippen molar-refractivity contribution >= 4 is 24.0 Å². The van der Waals surface area contributed by atoms with E-state index < -0.39 is 0 Å². The Morgan fingerprint density at radius 1 is 0.667 bits per heavy atom. The Kier molecular flexibility index (Phi) is 7.06. The second kappa shape index (κ2) is 10.1. The molecule has 30 heavy (non-hydrogen) atoms. The van der Waals surface area contributed by atoms with Gasteiger partial charge in [-0.3, -0.25) is 4.79 Å². The van der Waals surface area contributed by atoms with E-state index in [1.807, 2.05) is 66.7 Å². The molecule has 0 aliphatic heterocycles. The van der Waals surface area contributed by atoms with E-state index in [1.165, 1.54) is 6.08 Å². The summed E-state index contributed by atoms with van der Waals surface area (Å²) in [6, 6.07) is 21.1. The van der Waals surface area contributed by atoms with Crippen molar-refractivity contribution in [2.45, 2.75) is 0 Å². The van der Waals surface area contributed by atoms with Gasteiger partial charge in [0.25, 0.3) is 0 Å². The minimum atomic E-state index is -0.0922. The van der Waals surface area contributed by atoms with E-state index in [1.54, 1.807) is 39.5 Å². The summed E-state index contributed by atoms with van der Waals surface area (Å²) in [5.41, 5.74) is 3.50. The van der Waals surface area contributed by atoms with Gasteiger partial charge < -0.3 is 14.2 Å². The van der Waals surface area contributed by atoms with Crippen LogP contribution in [0, 0.1) is 0 Å². The van der Waals surface area contributed by atoms with Crippen LogP contribution < -0.4 is 14.2 Å². The molecule has 3 rings (SSSR count). The van der Waals surface area contributed by atoms with Gasteiger partial charge in [0, 0.05) is 17.2 Å². The molecule has 0 radical (unpaired) electrons. The summed E-state index contributed by atoms with van der Waals surface area (Å²) in [6.07, 6.45) is 7.30. The monoisotopic (exact) mass is 400 g/mol. The third-order valence-corrected chi connectivity index (χ3v) is 4.61. The van der Waals surface area contributed by atoms with Gasteiger partial charge in [-0.1, -0.05) is 66.7 Å². The minimum absolute atomic E-state index is 0.0922. The number of methoxy groups -OCH3 is 3. The van der Waals surface area contributed by atoms with Gasteiger partial charge in [0.2, 0.25) is 0 Å². The third-order valence-electron chi connectivity index (χ3n) is 4.61. The Morgan fingerprint density at radius 3 is 1.83 bits per heavy atom. The lowest BCUT2D eigenvalue weighted by Gasteiger charge is -2.12. The fraction of sp³-hybridized carbons (Fsp3) is 0.115. The molecule has 0 N–H and O–H groups in total. The molecule has 0 spiro atoms. The van der Waals surface area contributed by atoms with Gasteiger partial charge in [0.15, 0.2) is 17.3 Å². The summed E-state index contributed by atoms with van der Waals surface area (Å²) in [5.74, 6) is 1.64. The first-order valence-corrected chi connectivity index (χ1v) is 9.50. The molecule has 4 nitrogen and oxygen atoms in total. The third kappa shape index (κ3) is 5.17. The molecule has 152 valence electrons. The molecule has 0 bridgehead atoms. The summed E-state index contributed by atoms with van der Waals surface area (Å²) in [7, 11) is 4.70. The number of carbonyl (C=O) groups excluding carboxylic acids is 1. The Hall–Kier alpha value is -3.79. The van der Waals surface area contributed by atoms with Crippen molar-refractivity contribution in [2.24, 2.45) is 0 Å². The van der Waals surface area contributed by atoms with Crippen molar-refractivity contribution in [3.63, 3.8) is 0 Å². The SMILES string of the molecule is COc1cc(OC)c(OC)cc1/C=C/C(=O)c1ccc(/C=C/c2ccccc2)cc1. The number of ketones is 1. The van der Waals surface area contributed by atoms with E-state index in [4.69, 9.17) is 14.2 Å². The van der Waals surface area contributed by atoms with Crippen molar-refractivity contribution in [1.82, 2.24) is 0 Å². The molecule has 0 aliphatic rings. The van der Waals surface area contributed by atoms with Gasteiger partial charge in [-0.2, -0.15) is 0 Å². The molecule has 0 heterocycles. The highest BCUT2D eigenvalue weighted by Gasteiger charge is 2.10. The smallest absolute Gasteiger partial charge is 0.185 e. The van der Waals surface area contributed by atoms with Crippen molar-refractivity contribution in [3.8, 4) is 17.2 Å². The molecule has 4 heteroatoms. The first-order valence-electron chi connectivity index (χ1n) is 9.50. The topological polar surface area (TPSA) is 44.8 Å². The zero-order valence-electron chi connectivity index (χ0n) is 17.3. The molecule has 0 aromatic heterocycles. The normalized spacial score (nSPS) is 11.0. The van der Waals surface area contributed by atoms with Crippen LogP contribution in [0.15, 0.2) is 72.8 Å². The van der Waals surface area contributed by atoms with Crippen LogP contribution in [-0.2, 0) is 0 Å². The molecule has 0 atom stereocenters. The molecule has 0 amide bonds. The van der Waals surface area contributed by atoms with Crippen LogP contribution in [-0.4, -0.2) is 27.1 Å². The van der Waals surface area contributed by atoms with E-state index in [0.29, 0.717) is 22.8 Å². The predicted molar refractivity (Wildman–Crippen MR) is 121 cm³/mol. The number of hydrogen-bond donors (Lipinski definition) is 0. The summed E-state index contributed by atoms with van der Waals surface area (Å²) < 4.78 is 16.0. The molecule has 3 aromatic rings. The predicted octanol–water partition coefficient (Wildman–Crippen LogP) is 5.78. The van der Waals surface area contributed by atoms with Gasteiger partial charge in [0.1, 0.15) is 5.75 Å². The summed E-state index contributed by atoms with van der Waals surface area (Å²) in [6.45, 7) is 0. The second-order valence-corrected chi connectivity index (χ2v) is 6.51. The molecule has 0 fully saturated rings. The number of hydrogen-bond acceptors (Lipinski definition) is 4. The van der Waals surface area contributed by atoms with Gasteiger partial charge in [0.05, 0.1) is 21.3 Å². The Balaban J connectivity index is 1.74. The van der Waals surface area contributed by atoms with Gasteiger partial charge in [-0.25, -0.2) is 0 Å². The Bertz CT molecular complexity index is 1050. The van der Waals surface area contributed by atoms with E-state index in [2.05, 4.69) is 0 Å². The first kappa shape index (κ1) is 20.9. The maximum absolute atomic E-state index is 12.6. The lowest BCUT2D eigenvalue weighted by atomic mass is 10.1. The number of rotatable bonds is 8. The van der Waals surface area contributed by atoms with Crippen LogP contribution in [0.5, 0.6) is 17.2 Å². The van der Waals surface area contributed by atoms with Crippen molar-refractivity contribution in [1.29, 1.82) is 0 Å². The van der Waals surface area contributed by atoms with Crippen molar-refractivity contribution < 1.29 is 19.0 Å². The zero-order chi connectivity index (χ0) is 21.3. The fourth-order valence-electron chi connectivity index (χ4n) is 2.96. The lowest BCUT2D eigenvalue weighted by molar-refractivity contribution is 0.104. The number of allylic oxidation sites excluding steroid dienone is 1. The van der Waals surface area contributed by atoms with Crippen molar-refractivity contribution in [2.75, 3.05) is 21.3 Å². The van der Waals surface area contributed by atoms with Crippen LogP contribution in [0.3, 0.4) is 0 Å². The highest BCUT2D eigenvalue weighted by atomic mass is 16.5. The first-order chi connectivity index (χ1) is 14.6. The summed E-state index contributed by atoms with van der Waals surface area (Å²) >= 11 is 0. The number of benzene rings is 3. The average molecular weight is 400 g/mol. The van der Waals surface area contributed by atoms with Crippen molar-refractivity contribution in [3.05, 3.63) is 95.1 Å². The fourth-order valence-corrected chi connectivity index (χ4v) is 2.96. The summed E-state index contributed by atoms with van der Waals surface area (Å²) in [5, 5.41) is 0. The van der Waals surface area contributed by atoms with Gasteiger partial charge >= 0.3 is 0 Å². The second-order valence-electron chi connectivity index (χ2n) is 6.51. The summed E-state index contributed by atoms with van der Waals surface area (Å²) in [4.78, 5) is 12.6.